The molecule has 0 spiro atoms. The molecule has 3 aromatic carbocycles. The van der Waals surface area contributed by atoms with Crippen LogP contribution in [0.15, 0.2) is 89.8 Å². The lowest BCUT2D eigenvalue weighted by Gasteiger charge is -2.22. The third-order valence-corrected chi connectivity index (χ3v) is 6.32. The SMILES string of the molecule is O=C(CN(Cc1cccc(Cl)c1)S(=O)(=O)c1ccccc1)NCc1ccccc1. The summed E-state index contributed by atoms with van der Waals surface area (Å²) in [4.78, 5) is 12.7. The third-order valence-electron chi connectivity index (χ3n) is 4.28. The summed E-state index contributed by atoms with van der Waals surface area (Å²) in [5, 5.41) is 3.29. The van der Waals surface area contributed by atoms with Crippen molar-refractivity contribution >= 4 is 27.5 Å². The lowest BCUT2D eigenvalue weighted by Crippen LogP contribution is -2.40. The zero-order valence-electron chi connectivity index (χ0n) is 15.7. The van der Waals surface area contributed by atoms with Crippen molar-refractivity contribution < 1.29 is 13.2 Å². The molecule has 0 bridgehead atoms. The minimum atomic E-state index is -3.86. The summed E-state index contributed by atoms with van der Waals surface area (Å²) in [6, 6.07) is 24.5. The van der Waals surface area contributed by atoms with Gasteiger partial charge in [-0.25, -0.2) is 8.42 Å². The van der Waals surface area contributed by atoms with Gasteiger partial charge in [0.25, 0.3) is 0 Å². The second-order valence-electron chi connectivity index (χ2n) is 6.48. The van der Waals surface area contributed by atoms with Crippen molar-refractivity contribution in [1.82, 2.24) is 9.62 Å². The van der Waals surface area contributed by atoms with E-state index < -0.39 is 10.0 Å². The number of nitrogens with zero attached hydrogens (tertiary/aromatic N) is 1. The molecule has 0 saturated carbocycles. The average molecular weight is 429 g/mol. The molecule has 0 heterocycles. The predicted molar refractivity (Wildman–Crippen MR) is 114 cm³/mol. The van der Waals surface area contributed by atoms with Gasteiger partial charge in [0.05, 0.1) is 11.4 Å². The van der Waals surface area contributed by atoms with Crippen LogP contribution >= 0.6 is 11.6 Å². The standard InChI is InChI=1S/C22H21ClN2O3S/c23-20-11-7-10-19(14-20)16-25(29(27,28)21-12-5-2-6-13-21)17-22(26)24-15-18-8-3-1-4-9-18/h1-14H,15-17H2,(H,24,26). The number of sulfonamides is 1. The van der Waals surface area contributed by atoms with Crippen LogP contribution in [0.3, 0.4) is 0 Å². The maximum Gasteiger partial charge on any atom is 0.243 e. The molecule has 0 saturated heterocycles. The highest BCUT2D eigenvalue weighted by Crippen LogP contribution is 2.19. The second-order valence-corrected chi connectivity index (χ2v) is 8.85. The van der Waals surface area contributed by atoms with Crippen LogP contribution < -0.4 is 5.32 Å². The van der Waals surface area contributed by atoms with Crippen molar-refractivity contribution in [3.63, 3.8) is 0 Å². The summed E-state index contributed by atoms with van der Waals surface area (Å²) in [5.41, 5.74) is 1.64. The third kappa shape index (κ3) is 5.90. The van der Waals surface area contributed by atoms with Crippen LogP contribution in [0.1, 0.15) is 11.1 Å². The van der Waals surface area contributed by atoms with Gasteiger partial charge in [-0.3, -0.25) is 4.79 Å². The van der Waals surface area contributed by atoms with Gasteiger partial charge in [0, 0.05) is 18.1 Å². The Morgan fingerprint density at radius 2 is 1.48 bits per heavy atom. The molecule has 7 heteroatoms. The fourth-order valence-corrected chi connectivity index (χ4v) is 4.44. The van der Waals surface area contributed by atoms with Crippen molar-refractivity contribution in [2.24, 2.45) is 0 Å². The fourth-order valence-electron chi connectivity index (χ4n) is 2.82. The maximum absolute atomic E-state index is 13.1. The molecule has 0 fully saturated rings. The largest absolute Gasteiger partial charge is 0.351 e. The lowest BCUT2D eigenvalue weighted by atomic mass is 10.2. The number of rotatable bonds is 8. The van der Waals surface area contributed by atoms with E-state index >= 15 is 0 Å². The van der Waals surface area contributed by atoms with E-state index in [0.29, 0.717) is 17.1 Å². The van der Waals surface area contributed by atoms with E-state index in [0.717, 1.165) is 9.87 Å². The Morgan fingerprint density at radius 1 is 0.862 bits per heavy atom. The van der Waals surface area contributed by atoms with Gasteiger partial charge in [-0.15, -0.1) is 0 Å². The molecule has 0 atom stereocenters. The smallest absolute Gasteiger partial charge is 0.243 e. The van der Waals surface area contributed by atoms with E-state index in [2.05, 4.69) is 5.32 Å². The molecule has 0 aromatic heterocycles. The molecule has 1 N–H and O–H groups in total. The van der Waals surface area contributed by atoms with Crippen molar-refractivity contribution in [3.05, 3.63) is 101 Å². The van der Waals surface area contributed by atoms with Crippen molar-refractivity contribution in [2.45, 2.75) is 18.0 Å². The molecule has 0 aliphatic heterocycles. The summed E-state index contributed by atoms with van der Waals surface area (Å²) in [7, 11) is -3.86. The molecule has 0 aliphatic rings. The van der Waals surface area contributed by atoms with Gasteiger partial charge in [0.15, 0.2) is 0 Å². The van der Waals surface area contributed by atoms with Crippen molar-refractivity contribution in [3.8, 4) is 0 Å². The van der Waals surface area contributed by atoms with E-state index in [1.54, 1.807) is 42.5 Å². The zero-order chi connectivity index (χ0) is 20.7. The summed E-state index contributed by atoms with van der Waals surface area (Å²) in [6.07, 6.45) is 0. The summed E-state index contributed by atoms with van der Waals surface area (Å²) >= 11 is 6.04. The number of hydrogen-bond acceptors (Lipinski definition) is 3. The number of halogens is 1. The van der Waals surface area contributed by atoms with Gasteiger partial charge in [0.2, 0.25) is 15.9 Å². The second kappa shape index (κ2) is 9.69. The summed E-state index contributed by atoms with van der Waals surface area (Å²) in [5.74, 6) is -0.379. The van der Waals surface area contributed by atoms with Gasteiger partial charge in [0.1, 0.15) is 0 Å². The van der Waals surface area contributed by atoms with E-state index in [4.69, 9.17) is 11.6 Å². The van der Waals surface area contributed by atoms with Crippen LogP contribution in [0.4, 0.5) is 0 Å². The van der Waals surface area contributed by atoms with Crippen molar-refractivity contribution in [1.29, 1.82) is 0 Å². The molecule has 0 radical (unpaired) electrons. The summed E-state index contributed by atoms with van der Waals surface area (Å²) < 4.78 is 27.4. The first-order valence-electron chi connectivity index (χ1n) is 9.05. The van der Waals surface area contributed by atoms with E-state index in [9.17, 15) is 13.2 Å². The lowest BCUT2D eigenvalue weighted by molar-refractivity contribution is -0.121. The molecular weight excluding hydrogens is 408 g/mol. The minimum absolute atomic E-state index is 0.0382. The zero-order valence-corrected chi connectivity index (χ0v) is 17.2. The Balaban J connectivity index is 1.79. The Labute approximate surface area is 176 Å². The van der Waals surface area contributed by atoms with Crippen molar-refractivity contribution in [2.75, 3.05) is 6.54 Å². The van der Waals surface area contributed by atoms with E-state index in [1.807, 2.05) is 30.3 Å². The normalized spacial score (nSPS) is 11.4. The Kier molecular flexibility index (Phi) is 7.04. The van der Waals surface area contributed by atoms with Crippen LogP contribution in [0.25, 0.3) is 0 Å². The van der Waals surface area contributed by atoms with Gasteiger partial charge < -0.3 is 5.32 Å². The first-order valence-corrected chi connectivity index (χ1v) is 10.9. The van der Waals surface area contributed by atoms with Crippen LogP contribution in [0, 0.1) is 0 Å². The monoisotopic (exact) mass is 428 g/mol. The molecule has 29 heavy (non-hydrogen) atoms. The van der Waals surface area contributed by atoms with Crippen LogP contribution in [-0.4, -0.2) is 25.2 Å². The fraction of sp³-hybridized carbons (Fsp3) is 0.136. The molecule has 5 nitrogen and oxygen atoms in total. The van der Waals surface area contributed by atoms with Crippen LogP contribution in [0.5, 0.6) is 0 Å². The number of hydrogen-bond donors (Lipinski definition) is 1. The molecule has 3 aromatic rings. The topological polar surface area (TPSA) is 66.5 Å². The first kappa shape index (κ1) is 21.0. The molecule has 0 aliphatic carbocycles. The molecule has 150 valence electrons. The van der Waals surface area contributed by atoms with Gasteiger partial charge in [-0.05, 0) is 35.4 Å². The average Bonchev–Trinajstić information content (AvgIpc) is 2.73. The number of carbonyl (C=O) groups is 1. The van der Waals surface area contributed by atoms with Gasteiger partial charge in [-0.1, -0.05) is 72.3 Å². The number of amides is 1. The molecule has 0 unspecified atom stereocenters. The Hall–Kier alpha value is -2.67. The molecular formula is C22H21ClN2O3S. The van der Waals surface area contributed by atoms with E-state index in [1.165, 1.54) is 12.1 Å². The number of nitrogens with one attached hydrogen (secondary N) is 1. The maximum atomic E-state index is 13.1. The quantitative estimate of drug-likeness (QED) is 0.592. The molecule has 1 amide bonds. The minimum Gasteiger partial charge on any atom is -0.351 e. The van der Waals surface area contributed by atoms with Gasteiger partial charge in [-0.2, -0.15) is 4.31 Å². The Bertz CT molecular complexity index is 1060. The Morgan fingerprint density at radius 3 is 2.14 bits per heavy atom. The number of carbonyl (C=O) groups excluding carboxylic acids is 1. The number of benzene rings is 3. The highest BCUT2D eigenvalue weighted by molar-refractivity contribution is 7.89. The van der Waals surface area contributed by atoms with Gasteiger partial charge >= 0.3 is 0 Å². The summed E-state index contributed by atoms with van der Waals surface area (Å²) in [6.45, 7) is 0.0726. The highest BCUT2D eigenvalue weighted by atomic mass is 35.5. The van der Waals surface area contributed by atoms with E-state index in [-0.39, 0.29) is 23.9 Å². The van der Waals surface area contributed by atoms with Crippen LogP contribution in [0.2, 0.25) is 5.02 Å². The molecule has 3 rings (SSSR count). The highest BCUT2D eigenvalue weighted by Gasteiger charge is 2.26. The first-order chi connectivity index (χ1) is 13.9. The predicted octanol–water partition coefficient (Wildman–Crippen LogP) is 3.85. The van der Waals surface area contributed by atoms with Crippen LogP contribution in [-0.2, 0) is 27.9 Å².